The molecule has 0 unspecified atom stereocenters. The van der Waals surface area contributed by atoms with E-state index in [1.54, 1.807) is 0 Å². The Kier molecular flexibility index (Phi) is 5.38. The highest BCUT2D eigenvalue weighted by Gasteiger charge is 2.03. The number of rotatable bonds is 7. The number of benzene rings is 2. The summed E-state index contributed by atoms with van der Waals surface area (Å²) in [6, 6.07) is 15.7. The van der Waals surface area contributed by atoms with Crippen molar-refractivity contribution < 1.29 is 14.6 Å². The molecule has 21 heavy (non-hydrogen) atoms. The molecule has 0 bridgehead atoms. The van der Waals surface area contributed by atoms with Crippen LogP contribution in [0.15, 0.2) is 48.5 Å². The van der Waals surface area contributed by atoms with Gasteiger partial charge in [-0.3, -0.25) is 4.79 Å². The molecule has 2 aromatic rings. The van der Waals surface area contributed by atoms with Crippen molar-refractivity contribution in [2.75, 3.05) is 0 Å². The van der Waals surface area contributed by atoms with Gasteiger partial charge in [0.1, 0.15) is 11.5 Å². The van der Waals surface area contributed by atoms with Crippen LogP contribution in [0.1, 0.15) is 30.9 Å². The number of ether oxygens (including phenoxy) is 1. The molecule has 3 nitrogen and oxygen atoms in total. The van der Waals surface area contributed by atoms with Crippen LogP contribution in [0.3, 0.4) is 0 Å². The third kappa shape index (κ3) is 4.95. The zero-order valence-corrected chi connectivity index (χ0v) is 12.2. The summed E-state index contributed by atoms with van der Waals surface area (Å²) in [5.41, 5.74) is 2.23. The van der Waals surface area contributed by atoms with Crippen molar-refractivity contribution in [1.29, 1.82) is 0 Å². The van der Waals surface area contributed by atoms with Crippen LogP contribution in [-0.4, -0.2) is 11.1 Å². The maximum Gasteiger partial charge on any atom is 0.303 e. The van der Waals surface area contributed by atoms with Crippen molar-refractivity contribution in [1.82, 2.24) is 0 Å². The van der Waals surface area contributed by atoms with Gasteiger partial charge in [0.25, 0.3) is 0 Å². The second-order valence-corrected chi connectivity index (χ2v) is 5.04. The molecule has 0 aliphatic carbocycles. The van der Waals surface area contributed by atoms with E-state index in [0.29, 0.717) is 6.42 Å². The lowest BCUT2D eigenvalue weighted by Gasteiger charge is -2.09. The van der Waals surface area contributed by atoms with Crippen LogP contribution < -0.4 is 4.74 Å². The molecule has 1 N–H and O–H groups in total. The Morgan fingerprint density at radius 3 is 2.10 bits per heavy atom. The number of hydrogen-bond donors (Lipinski definition) is 1. The molecule has 2 rings (SSSR count). The van der Waals surface area contributed by atoms with Gasteiger partial charge < -0.3 is 9.84 Å². The summed E-state index contributed by atoms with van der Waals surface area (Å²) < 4.78 is 5.87. The topological polar surface area (TPSA) is 46.5 Å². The fourth-order valence-electron chi connectivity index (χ4n) is 2.20. The molecule has 0 aromatic heterocycles. The second kappa shape index (κ2) is 7.48. The van der Waals surface area contributed by atoms with Crippen LogP contribution in [-0.2, 0) is 17.6 Å². The quantitative estimate of drug-likeness (QED) is 0.817. The Morgan fingerprint density at radius 2 is 1.57 bits per heavy atom. The van der Waals surface area contributed by atoms with Crippen LogP contribution in [0, 0.1) is 0 Å². The molecule has 0 spiro atoms. The number of hydrogen-bond acceptors (Lipinski definition) is 2. The highest BCUT2D eigenvalue weighted by atomic mass is 16.5. The van der Waals surface area contributed by atoms with E-state index in [0.717, 1.165) is 29.9 Å². The van der Waals surface area contributed by atoms with Gasteiger partial charge in [0, 0.05) is 6.42 Å². The average Bonchev–Trinajstić information content (AvgIpc) is 2.46. The van der Waals surface area contributed by atoms with E-state index in [1.165, 1.54) is 5.56 Å². The minimum atomic E-state index is -0.784. The van der Waals surface area contributed by atoms with Crippen molar-refractivity contribution in [3.63, 3.8) is 0 Å². The van der Waals surface area contributed by atoms with Crippen molar-refractivity contribution in [3.05, 3.63) is 59.7 Å². The largest absolute Gasteiger partial charge is 0.481 e. The van der Waals surface area contributed by atoms with Crippen LogP contribution in [0.5, 0.6) is 11.5 Å². The minimum absolute atomic E-state index is 0.134. The van der Waals surface area contributed by atoms with Gasteiger partial charge in [0.2, 0.25) is 0 Å². The molecule has 0 saturated carbocycles. The van der Waals surface area contributed by atoms with E-state index in [4.69, 9.17) is 9.84 Å². The molecular weight excluding hydrogens is 264 g/mol. The highest BCUT2D eigenvalue weighted by Crippen LogP contribution is 2.24. The Labute approximate surface area is 125 Å². The maximum absolute atomic E-state index is 10.6. The second-order valence-electron chi connectivity index (χ2n) is 5.04. The zero-order chi connectivity index (χ0) is 15.1. The molecule has 0 amide bonds. The zero-order valence-electron chi connectivity index (χ0n) is 12.2. The number of aryl methyl sites for hydroxylation is 2. The first kappa shape index (κ1) is 15.1. The van der Waals surface area contributed by atoms with Gasteiger partial charge in [-0.25, -0.2) is 0 Å². The van der Waals surface area contributed by atoms with E-state index in [1.807, 2.05) is 42.5 Å². The monoisotopic (exact) mass is 284 g/mol. The van der Waals surface area contributed by atoms with Gasteiger partial charge >= 0.3 is 5.97 Å². The van der Waals surface area contributed by atoms with E-state index >= 15 is 0 Å². The summed E-state index contributed by atoms with van der Waals surface area (Å²) >= 11 is 0. The van der Waals surface area contributed by atoms with E-state index < -0.39 is 5.97 Å². The lowest BCUT2D eigenvalue weighted by Crippen LogP contribution is -1.97. The van der Waals surface area contributed by atoms with Crippen molar-refractivity contribution in [2.24, 2.45) is 0 Å². The van der Waals surface area contributed by atoms with E-state index in [9.17, 15) is 4.79 Å². The molecule has 3 heteroatoms. The molecule has 0 fully saturated rings. The highest BCUT2D eigenvalue weighted by molar-refractivity contribution is 5.67. The molecule has 0 saturated heterocycles. The molecule has 110 valence electrons. The first-order valence-electron chi connectivity index (χ1n) is 7.25. The summed E-state index contributed by atoms with van der Waals surface area (Å²) in [5.74, 6) is 0.775. The molecule has 0 aliphatic rings. The van der Waals surface area contributed by atoms with Crippen LogP contribution in [0.25, 0.3) is 0 Å². The lowest BCUT2D eigenvalue weighted by atomic mass is 10.1. The molecule has 0 radical (unpaired) electrons. The molecule has 0 aliphatic heterocycles. The van der Waals surface area contributed by atoms with Gasteiger partial charge in [-0.1, -0.05) is 37.6 Å². The Balaban J connectivity index is 2.06. The van der Waals surface area contributed by atoms with E-state index in [-0.39, 0.29) is 6.42 Å². The van der Waals surface area contributed by atoms with Gasteiger partial charge in [0.05, 0.1) is 0 Å². The SMILES string of the molecule is CCCc1cccc(Oc2cccc(CCC(=O)O)c2)c1. The van der Waals surface area contributed by atoms with Gasteiger partial charge in [-0.05, 0) is 48.2 Å². The first-order chi connectivity index (χ1) is 10.2. The Morgan fingerprint density at radius 1 is 1.00 bits per heavy atom. The van der Waals surface area contributed by atoms with Crippen LogP contribution >= 0.6 is 0 Å². The van der Waals surface area contributed by atoms with Gasteiger partial charge in [0.15, 0.2) is 0 Å². The summed E-state index contributed by atoms with van der Waals surface area (Å²) in [7, 11) is 0. The van der Waals surface area contributed by atoms with Crippen LogP contribution in [0.2, 0.25) is 0 Å². The third-order valence-electron chi connectivity index (χ3n) is 3.20. The fourth-order valence-corrected chi connectivity index (χ4v) is 2.20. The normalized spacial score (nSPS) is 10.3. The summed E-state index contributed by atoms with van der Waals surface area (Å²) in [6.45, 7) is 2.15. The number of aliphatic carboxylic acids is 1. The molecule has 0 atom stereocenters. The lowest BCUT2D eigenvalue weighted by molar-refractivity contribution is -0.136. The van der Waals surface area contributed by atoms with Gasteiger partial charge in [-0.2, -0.15) is 0 Å². The van der Waals surface area contributed by atoms with Crippen molar-refractivity contribution >= 4 is 5.97 Å². The fraction of sp³-hybridized carbons (Fsp3) is 0.278. The van der Waals surface area contributed by atoms with E-state index in [2.05, 4.69) is 13.0 Å². The molecular formula is C18H20O3. The van der Waals surface area contributed by atoms with Crippen molar-refractivity contribution in [2.45, 2.75) is 32.6 Å². The summed E-state index contributed by atoms with van der Waals surface area (Å²) in [6.07, 6.45) is 2.79. The molecule has 2 aromatic carbocycles. The van der Waals surface area contributed by atoms with Crippen LogP contribution in [0.4, 0.5) is 0 Å². The van der Waals surface area contributed by atoms with Gasteiger partial charge in [-0.15, -0.1) is 0 Å². The third-order valence-corrected chi connectivity index (χ3v) is 3.20. The number of carboxylic acid groups (broad SMARTS) is 1. The predicted molar refractivity (Wildman–Crippen MR) is 82.9 cm³/mol. The average molecular weight is 284 g/mol. The minimum Gasteiger partial charge on any atom is -0.481 e. The number of carboxylic acids is 1. The number of carbonyl (C=O) groups is 1. The maximum atomic E-state index is 10.6. The Hall–Kier alpha value is -2.29. The molecule has 0 heterocycles. The summed E-state index contributed by atoms with van der Waals surface area (Å²) in [4.78, 5) is 10.6. The van der Waals surface area contributed by atoms with Crippen molar-refractivity contribution in [3.8, 4) is 11.5 Å². The smallest absolute Gasteiger partial charge is 0.303 e. The predicted octanol–water partition coefficient (Wildman–Crippen LogP) is 4.45. The summed E-state index contributed by atoms with van der Waals surface area (Å²) in [5, 5.41) is 8.73. The standard InChI is InChI=1S/C18H20O3/c1-2-5-14-6-3-8-16(12-14)21-17-9-4-7-15(13-17)10-11-18(19)20/h3-4,6-9,12-13H,2,5,10-11H2,1H3,(H,19,20). The Bertz CT molecular complexity index is 605. The first-order valence-corrected chi connectivity index (χ1v) is 7.25.